The van der Waals surface area contributed by atoms with E-state index >= 15 is 0 Å². The van der Waals surface area contributed by atoms with Gasteiger partial charge < -0.3 is 11.1 Å². The van der Waals surface area contributed by atoms with Gasteiger partial charge in [-0.05, 0) is 43.5 Å². The third-order valence-corrected chi connectivity index (χ3v) is 3.04. The van der Waals surface area contributed by atoms with E-state index in [0.717, 1.165) is 29.7 Å². The maximum Gasteiger partial charge on any atom is 0.227 e. The number of nitrogens with one attached hydrogen (secondary N) is 1. The zero-order valence-corrected chi connectivity index (χ0v) is 11.9. The number of nitrogens with two attached hydrogens (primary N) is 1. The van der Waals surface area contributed by atoms with Crippen molar-refractivity contribution in [1.29, 1.82) is 0 Å². The molecule has 0 atom stereocenters. The minimum Gasteiger partial charge on any atom is -0.326 e. The topological polar surface area (TPSA) is 55.1 Å². The fourth-order valence-electron chi connectivity index (χ4n) is 1.98. The van der Waals surface area contributed by atoms with E-state index < -0.39 is 0 Å². The Morgan fingerprint density at radius 3 is 2.58 bits per heavy atom. The molecule has 0 unspecified atom stereocenters. The van der Waals surface area contributed by atoms with Crippen molar-refractivity contribution in [2.45, 2.75) is 33.6 Å². The lowest BCUT2D eigenvalue weighted by Crippen LogP contribution is -2.21. The fraction of sp³-hybridized carbons (Fsp3) is 0.438. The summed E-state index contributed by atoms with van der Waals surface area (Å²) in [6.45, 7) is 6.38. The Morgan fingerprint density at radius 1 is 1.32 bits per heavy atom. The Labute approximate surface area is 115 Å². The first kappa shape index (κ1) is 15.3. The van der Waals surface area contributed by atoms with E-state index in [1.165, 1.54) is 0 Å². The molecule has 0 radical (unpaired) electrons. The molecule has 0 fully saturated rings. The minimum absolute atomic E-state index is 0.0686. The van der Waals surface area contributed by atoms with Gasteiger partial charge in [0.15, 0.2) is 0 Å². The van der Waals surface area contributed by atoms with E-state index in [-0.39, 0.29) is 11.8 Å². The number of aryl methyl sites for hydroxylation is 1. The van der Waals surface area contributed by atoms with Gasteiger partial charge in [-0.15, -0.1) is 0 Å². The van der Waals surface area contributed by atoms with Gasteiger partial charge in [0.05, 0.1) is 6.54 Å². The highest BCUT2D eigenvalue weighted by atomic mass is 16.1. The molecule has 0 spiro atoms. The van der Waals surface area contributed by atoms with Crippen LogP contribution in [0.3, 0.4) is 0 Å². The van der Waals surface area contributed by atoms with Crippen molar-refractivity contribution in [2.24, 2.45) is 11.7 Å². The van der Waals surface area contributed by atoms with Gasteiger partial charge in [-0.1, -0.05) is 25.7 Å². The molecule has 1 amide bonds. The second-order valence-corrected chi connectivity index (χ2v) is 4.60. The van der Waals surface area contributed by atoms with Crippen LogP contribution in [0, 0.1) is 24.7 Å². The number of benzene rings is 1. The average molecular weight is 258 g/mol. The van der Waals surface area contributed by atoms with E-state index in [1.54, 1.807) is 0 Å². The molecule has 3 N–H and O–H groups in total. The van der Waals surface area contributed by atoms with Crippen molar-refractivity contribution in [3.05, 3.63) is 29.3 Å². The number of hydrogen-bond donors (Lipinski definition) is 2. The van der Waals surface area contributed by atoms with Crippen LogP contribution in [-0.4, -0.2) is 12.5 Å². The minimum atomic E-state index is 0.0686. The molecular weight excluding hydrogens is 236 g/mol. The van der Waals surface area contributed by atoms with E-state index in [1.807, 2.05) is 39.0 Å². The van der Waals surface area contributed by atoms with Gasteiger partial charge in [0, 0.05) is 17.2 Å². The summed E-state index contributed by atoms with van der Waals surface area (Å²) in [5.41, 5.74) is 8.12. The first-order chi connectivity index (χ1) is 9.10. The summed E-state index contributed by atoms with van der Waals surface area (Å²) in [6.07, 6.45) is 1.71. The third-order valence-electron chi connectivity index (χ3n) is 3.04. The highest BCUT2D eigenvalue weighted by Gasteiger charge is 2.14. The first-order valence-electron chi connectivity index (χ1n) is 6.72. The monoisotopic (exact) mass is 258 g/mol. The van der Waals surface area contributed by atoms with Crippen LogP contribution in [0.2, 0.25) is 0 Å². The van der Waals surface area contributed by atoms with E-state index in [9.17, 15) is 4.79 Å². The number of hydrogen-bond acceptors (Lipinski definition) is 2. The van der Waals surface area contributed by atoms with Crippen molar-refractivity contribution < 1.29 is 4.79 Å². The Hall–Kier alpha value is -1.79. The molecule has 3 nitrogen and oxygen atoms in total. The second-order valence-electron chi connectivity index (χ2n) is 4.60. The largest absolute Gasteiger partial charge is 0.326 e. The first-order valence-corrected chi connectivity index (χ1v) is 6.72. The molecule has 102 valence electrons. The maximum atomic E-state index is 12.0. The number of anilines is 1. The molecule has 0 aromatic heterocycles. The third kappa shape index (κ3) is 4.76. The molecule has 19 heavy (non-hydrogen) atoms. The van der Waals surface area contributed by atoms with Crippen LogP contribution in [0.5, 0.6) is 0 Å². The SMILES string of the molecule is CCC(CC)C(=O)Nc1cc(C)cc(C#CCN)c1. The molecule has 0 saturated heterocycles. The molecule has 0 aliphatic heterocycles. The van der Waals surface area contributed by atoms with Gasteiger partial charge in [0.1, 0.15) is 0 Å². The normalized spacial score (nSPS) is 9.95. The van der Waals surface area contributed by atoms with Crippen molar-refractivity contribution in [3.63, 3.8) is 0 Å². The highest BCUT2D eigenvalue weighted by molar-refractivity contribution is 5.92. The highest BCUT2D eigenvalue weighted by Crippen LogP contribution is 2.17. The molecule has 1 rings (SSSR count). The van der Waals surface area contributed by atoms with Crippen LogP contribution < -0.4 is 11.1 Å². The number of carbonyl (C=O) groups excluding carboxylic acids is 1. The maximum absolute atomic E-state index is 12.0. The lowest BCUT2D eigenvalue weighted by molar-refractivity contribution is -0.120. The smallest absolute Gasteiger partial charge is 0.227 e. The summed E-state index contributed by atoms with van der Waals surface area (Å²) in [4.78, 5) is 12.0. The molecule has 1 aromatic carbocycles. The Bertz CT molecular complexity index is 493. The molecule has 3 heteroatoms. The lowest BCUT2D eigenvalue weighted by atomic mass is 10.0. The summed E-state index contributed by atoms with van der Waals surface area (Å²) >= 11 is 0. The van der Waals surface area contributed by atoms with Crippen LogP contribution in [0.4, 0.5) is 5.69 Å². The Balaban J connectivity index is 2.89. The summed E-state index contributed by atoms with van der Waals surface area (Å²) in [5, 5.41) is 2.96. The summed E-state index contributed by atoms with van der Waals surface area (Å²) in [6, 6.07) is 5.82. The van der Waals surface area contributed by atoms with Gasteiger partial charge >= 0.3 is 0 Å². The van der Waals surface area contributed by atoms with Crippen LogP contribution in [0.25, 0.3) is 0 Å². The molecule has 0 aliphatic carbocycles. The molecule has 0 heterocycles. The van der Waals surface area contributed by atoms with Crippen LogP contribution >= 0.6 is 0 Å². The number of rotatable bonds is 4. The van der Waals surface area contributed by atoms with Crippen molar-refractivity contribution in [1.82, 2.24) is 0 Å². The van der Waals surface area contributed by atoms with E-state index in [2.05, 4.69) is 17.2 Å². The van der Waals surface area contributed by atoms with Gasteiger partial charge in [-0.25, -0.2) is 0 Å². The van der Waals surface area contributed by atoms with Crippen molar-refractivity contribution >= 4 is 11.6 Å². The lowest BCUT2D eigenvalue weighted by Gasteiger charge is -2.13. The Morgan fingerprint density at radius 2 is 2.00 bits per heavy atom. The van der Waals surface area contributed by atoms with Gasteiger partial charge in [-0.3, -0.25) is 4.79 Å². The second kappa shape index (κ2) is 7.60. The van der Waals surface area contributed by atoms with Gasteiger partial charge in [0.2, 0.25) is 5.91 Å². The average Bonchev–Trinajstić information content (AvgIpc) is 2.37. The summed E-state index contributed by atoms with van der Waals surface area (Å²) < 4.78 is 0. The Kier molecular flexibility index (Phi) is 6.11. The van der Waals surface area contributed by atoms with Crippen LogP contribution in [-0.2, 0) is 4.79 Å². The quantitative estimate of drug-likeness (QED) is 0.816. The molecular formula is C16H22N2O. The van der Waals surface area contributed by atoms with Crippen molar-refractivity contribution in [3.8, 4) is 11.8 Å². The molecule has 0 bridgehead atoms. The zero-order chi connectivity index (χ0) is 14.3. The van der Waals surface area contributed by atoms with Crippen LogP contribution in [0.15, 0.2) is 18.2 Å². The molecule has 0 aliphatic rings. The van der Waals surface area contributed by atoms with E-state index in [4.69, 9.17) is 5.73 Å². The van der Waals surface area contributed by atoms with Crippen molar-refractivity contribution in [2.75, 3.05) is 11.9 Å². The standard InChI is InChI=1S/C16H22N2O/c1-4-14(5-2)16(19)18-15-10-12(3)9-13(11-15)7-6-8-17/h9-11,14H,4-5,8,17H2,1-3H3,(H,18,19). The molecule has 0 saturated carbocycles. The van der Waals surface area contributed by atoms with Gasteiger partial charge in [-0.2, -0.15) is 0 Å². The zero-order valence-electron chi connectivity index (χ0n) is 11.9. The van der Waals surface area contributed by atoms with E-state index in [0.29, 0.717) is 6.54 Å². The van der Waals surface area contributed by atoms with Gasteiger partial charge in [0.25, 0.3) is 0 Å². The fourth-order valence-corrected chi connectivity index (χ4v) is 1.98. The summed E-state index contributed by atoms with van der Waals surface area (Å²) in [7, 11) is 0. The predicted octanol–water partition coefficient (Wildman–Crippen LogP) is 2.68. The molecule has 1 aromatic rings. The number of carbonyl (C=O) groups is 1. The predicted molar refractivity (Wildman–Crippen MR) is 79.8 cm³/mol. The number of amides is 1. The van der Waals surface area contributed by atoms with Crippen LogP contribution in [0.1, 0.15) is 37.8 Å². The summed E-state index contributed by atoms with van der Waals surface area (Å²) in [5.74, 6) is 5.96.